The number of esters is 1. The molecule has 0 N–H and O–H groups in total. The van der Waals surface area contributed by atoms with Crippen LogP contribution in [0.2, 0.25) is 0 Å². The van der Waals surface area contributed by atoms with Gasteiger partial charge in [0.05, 0.1) is 6.42 Å². The van der Waals surface area contributed by atoms with Gasteiger partial charge in [-0.3, -0.25) is 4.79 Å². The van der Waals surface area contributed by atoms with Crippen molar-refractivity contribution in [2.45, 2.75) is 63.1 Å². The van der Waals surface area contributed by atoms with Crippen molar-refractivity contribution in [2.75, 3.05) is 0 Å². The molecule has 1 aliphatic carbocycles. The fourth-order valence-corrected chi connectivity index (χ4v) is 4.11. The Hall–Kier alpha value is -0.650. The number of ether oxygens (including phenoxy) is 2. The molecule has 0 radical (unpaired) electrons. The highest BCUT2D eigenvalue weighted by molar-refractivity contribution is 5.71. The lowest BCUT2D eigenvalue weighted by molar-refractivity contribution is -0.555. The quantitative estimate of drug-likeness (QED) is 0.488. The van der Waals surface area contributed by atoms with E-state index in [1.54, 1.807) is 0 Å². The Morgan fingerprint density at radius 1 is 1.17 bits per heavy atom. The molecule has 100 valence electrons. The van der Waals surface area contributed by atoms with Crippen LogP contribution < -0.4 is 0 Å². The zero-order valence-corrected chi connectivity index (χ0v) is 10.5. The summed E-state index contributed by atoms with van der Waals surface area (Å²) in [5.41, 5.74) is -0.553. The molecule has 5 fully saturated rings. The van der Waals surface area contributed by atoms with E-state index in [9.17, 15) is 4.79 Å². The zero-order valence-electron chi connectivity index (χ0n) is 10.5. The molecule has 5 rings (SSSR count). The third-order valence-corrected chi connectivity index (χ3v) is 5.07. The summed E-state index contributed by atoms with van der Waals surface area (Å²) in [6, 6.07) is 0. The van der Waals surface area contributed by atoms with Crippen LogP contribution in [0.25, 0.3) is 0 Å². The Morgan fingerprint density at radius 2 is 2.00 bits per heavy atom. The average Bonchev–Trinajstić information content (AvgIpc) is 2.55. The van der Waals surface area contributed by atoms with E-state index in [0.29, 0.717) is 12.3 Å². The summed E-state index contributed by atoms with van der Waals surface area (Å²) in [4.78, 5) is 23.0. The van der Waals surface area contributed by atoms with E-state index in [2.05, 4.69) is 0 Å². The number of fused-ring (bicyclic) bond motifs is 2. The van der Waals surface area contributed by atoms with Gasteiger partial charge in [0.1, 0.15) is 0 Å². The minimum Gasteiger partial charge on any atom is -0.432 e. The molecule has 5 nitrogen and oxygen atoms in total. The van der Waals surface area contributed by atoms with Gasteiger partial charge in [-0.25, -0.2) is 9.78 Å². The maximum atomic E-state index is 11.7. The molecule has 18 heavy (non-hydrogen) atoms. The highest BCUT2D eigenvalue weighted by Crippen LogP contribution is 2.56. The van der Waals surface area contributed by atoms with Gasteiger partial charge in [0, 0.05) is 12.3 Å². The van der Waals surface area contributed by atoms with Crippen molar-refractivity contribution in [3.8, 4) is 0 Å². The van der Waals surface area contributed by atoms with Crippen LogP contribution in [-0.2, 0) is 24.0 Å². The first-order valence-corrected chi connectivity index (χ1v) is 6.86. The molecule has 0 aromatic heterocycles. The second-order valence-electron chi connectivity index (χ2n) is 6.16. The number of carbonyl (C=O) groups excluding carboxylic acids is 1. The normalized spacial score (nSPS) is 54.5. The molecule has 1 saturated carbocycles. The van der Waals surface area contributed by atoms with Crippen molar-refractivity contribution in [2.24, 2.45) is 11.8 Å². The first kappa shape index (κ1) is 11.2. The maximum absolute atomic E-state index is 11.7. The van der Waals surface area contributed by atoms with E-state index in [0.717, 1.165) is 32.1 Å². The number of hydrogen-bond acceptors (Lipinski definition) is 5. The summed E-state index contributed by atoms with van der Waals surface area (Å²) in [5.74, 6) is -0.394. The third kappa shape index (κ3) is 1.30. The monoisotopic (exact) mass is 254 g/mol. The van der Waals surface area contributed by atoms with Crippen LogP contribution in [-0.4, -0.2) is 23.6 Å². The van der Waals surface area contributed by atoms with Crippen molar-refractivity contribution < 1.29 is 24.0 Å². The van der Waals surface area contributed by atoms with Crippen molar-refractivity contribution in [1.29, 1.82) is 0 Å². The van der Waals surface area contributed by atoms with Gasteiger partial charge in [-0.05, 0) is 32.1 Å². The lowest BCUT2D eigenvalue weighted by atomic mass is 9.64. The molecular weight excluding hydrogens is 236 g/mol. The lowest BCUT2D eigenvalue weighted by Crippen LogP contribution is -2.66. The summed E-state index contributed by atoms with van der Waals surface area (Å²) in [6.45, 7) is 1.86. The molecule has 0 aromatic rings. The molecular formula is C13H18O5. The minimum atomic E-state index is -0.768. The van der Waals surface area contributed by atoms with E-state index >= 15 is 0 Å². The predicted octanol–water partition coefficient (Wildman–Crippen LogP) is 1.90. The highest BCUT2D eigenvalue weighted by atomic mass is 17.3. The van der Waals surface area contributed by atoms with Crippen LogP contribution in [0.5, 0.6) is 0 Å². The number of hydrogen-bond donors (Lipinski definition) is 0. The van der Waals surface area contributed by atoms with Gasteiger partial charge in [-0.2, -0.15) is 0 Å². The molecule has 1 spiro atoms. The van der Waals surface area contributed by atoms with Gasteiger partial charge in [-0.15, -0.1) is 0 Å². The van der Waals surface area contributed by atoms with Gasteiger partial charge in [-0.1, -0.05) is 6.42 Å². The standard InChI is InChI=1S/C13H18O5/c1-12-6-5-8-3-2-4-9-7-10(14)15-11(16-12)13(8,9)18-17-12/h8-9,11H,2-7H2,1H3/t8-,9+,11?,12?,13?/m1/s1. The van der Waals surface area contributed by atoms with Crippen LogP contribution in [0.4, 0.5) is 0 Å². The van der Waals surface area contributed by atoms with E-state index < -0.39 is 17.7 Å². The van der Waals surface area contributed by atoms with Crippen LogP contribution in [0, 0.1) is 11.8 Å². The molecule has 4 saturated heterocycles. The Labute approximate surface area is 106 Å². The largest absolute Gasteiger partial charge is 0.432 e. The van der Waals surface area contributed by atoms with Gasteiger partial charge in [0.25, 0.3) is 0 Å². The molecule has 4 heterocycles. The summed E-state index contributed by atoms with van der Waals surface area (Å²) < 4.78 is 11.3. The minimum absolute atomic E-state index is 0.170. The van der Waals surface area contributed by atoms with E-state index in [1.807, 2.05) is 6.92 Å². The van der Waals surface area contributed by atoms with Crippen molar-refractivity contribution in [1.82, 2.24) is 0 Å². The third-order valence-electron chi connectivity index (χ3n) is 5.07. The van der Waals surface area contributed by atoms with Gasteiger partial charge < -0.3 is 9.47 Å². The van der Waals surface area contributed by atoms with E-state index in [-0.39, 0.29) is 11.9 Å². The number of carbonyl (C=O) groups is 1. The summed E-state index contributed by atoms with van der Waals surface area (Å²) in [6.07, 6.45) is 4.89. The Morgan fingerprint density at radius 3 is 2.89 bits per heavy atom. The molecule has 3 unspecified atom stereocenters. The van der Waals surface area contributed by atoms with Crippen LogP contribution in [0.1, 0.15) is 45.4 Å². The molecule has 2 bridgehead atoms. The van der Waals surface area contributed by atoms with Crippen LogP contribution >= 0.6 is 0 Å². The Balaban J connectivity index is 1.80. The summed E-state index contributed by atoms with van der Waals surface area (Å²) in [5, 5.41) is 0. The maximum Gasteiger partial charge on any atom is 0.308 e. The molecule has 5 atom stereocenters. The average molecular weight is 254 g/mol. The predicted molar refractivity (Wildman–Crippen MR) is 59.0 cm³/mol. The first-order valence-electron chi connectivity index (χ1n) is 6.86. The van der Waals surface area contributed by atoms with Gasteiger partial charge >= 0.3 is 5.97 Å². The zero-order chi connectivity index (χ0) is 12.4. The number of rotatable bonds is 0. The second kappa shape index (κ2) is 3.46. The molecule has 5 heteroatoms. The van der Waals surface area contributed by atoms with E-state index in [1.165, 1.54) is 0 Å². The van der Waals surface area contributed by atoms with Crippen LogP contribution in [0.15, 0.2) is 0 Å². The summed E-state index contributed by atoms with van der Waals surface area (Å²) in [7, 11) is 0. The molecule has 4 aliphatic heterocycles. The molecule has 0 amide bonds. The summed E-state index contributed by atoms with van der Waals surface area (Å²) >= 11 is 0. The van der Waals surface area contributed by atoms with Crippen molar-refractivity contribution in [3.63, 3.8) is 0 Å². The van der Waals surface area contributed by atoms with Gasteiger partial charge in [0.15, 0.2) is 5.60 Å². The van der Waals surface area contributed by atoms with Crippen LogP contribution in [0.3, 0.4) is 0 Å². The molecule has 5 aliphatic rings. The fourth-order valence-electron chi connectivity index (χ4n) is 4.11. The van der Waals surface area contributed by atoms with Crippen molar-refractivity contribution >= 4 is 5.97 Å². The van der Waals surface area contributed by atoms with E-state index in [4.69, 9.17) is 19.2 Å². The fraction of sp³-hybridized carbons (Fsp3) is 0.923. The Bertz CT molecular complexity index is 397. The smallest absolute Gasteiger partial charge is 0.308 e. The van der Waals surface area contributed by atoms with Gasteiger partial charge in [0.2, 0.25) is 12.1 Å². The topological polar surface area (TPSA) is 54.0 Å². The molecule has 0 aromatic carbocycles. The lowest BCUT2D eigenvalue weighted by Gasteiger charge is -2.54. The van der Waals surface area contributed by atoms with Crippen molar-refractivity contribution in [3.05, 3.63) is 0 Å². The SMILES string of the molecule is CC12CC[C@H]3CCC[C@H]4CC(=O)OC(O1)C34OO2. The Kier molecular flexibility index (Phi) is 2.16. The first-order chi connectivity index (χ1) is 8.62. The second-order valence-corrected chi connectivity index (χ2v) is 6.16. The highest BCUT2D eigenvalue weighted by Gasteiger charge is 2.67.